The predicted molar refractivity (Wildman–Crippen MR) is 64.8 cm³/mol. The summed E-state index contributed by atoms with van der Waals surface area (Å²) < 4.78 is 7.80. The lowest BCUT2D eigenvalue weighted by atomic mass is 10.2. The molecule has 0 aliphatic rings. The Kier molecular flexibility index (Phi) is 3.20. The van der Waals surface area contributed by atoms with E-state index >= 15 is 0 Å². The molecule has 0 radical (unpaired) electrons. The molecule has 0 unspecified atom stereocenters. The summed E-state index contributed by atoms with van der Waals surface area (Å²) in [5.41, 5.74) is 1.10. The van der Waals surface area contributed by atoms with Crippen LogP contribution in [0.2, 0.25) is 0 Å². The number of benzene rings is 1. The zero-order valence-corrected chi connectivity index (χ0v) is 10.4. The van der Waals surface area contributed by atoms with Gasteiger partial charge in [0.15, 0.2) is 0 Å². The summed E-state index contributed by atoms with van der Waals surface area (Å²) in [6, 6.07) is 7.90. The topological polar surface area (TPSA) is 39.9 Å². The van der Waals surface area contributed by atoms with E-state index in [2.05, 4.69) is 32.7 Å². The SMILES string of the molecule is COc1ccccc1Cn1cnc(I)n1. The van der Waals surface area contributed by atoms with Crippen molar-refractivity contribution in [1.82, 2.24) is 14.8 Å². The van der Waals surface area contributed by atoms with Crippen molar-refractivity contribution in [3.05, 3.63) is 40.0 Å². The van der Waals surface area contributed by atoms with E-state index in [0.29, 0.717) is 6.54 Å². The molecule has 0 amide bonds. The molecule has 0 saturated carbocycles. The molecule has 2 rings (SSSR count). The molecule has 4 nitrogen and oxygen atoms in total. The van der Waals surface area contributed by atoms with Gasteiger partial charge < -0.3 is 4.74 Å². The Labute approximate surface area is 101 Å². The number of aromatic nitrogens is 3. The summed E-state index contributed by atoms with van der Waals surface area (Å²) in [6.45, 7) is 0.681. The van der Waals surface area contributed by atoms with Crippen molar-refractivity contribution in [2.75, 3.05) is 7.11 Å². The fourth-order valence-electron chi connectivity index (χ4n) is 1.36. The number of methoxy groups -OCH3 is 1. The number of hydrogen-bond donors (Lipinski definition) is 0. The van der Waals surface area contributed by atoms with Crippen LogP contribution in [0.3, 0.4) is 0 Å². The van der Waals surface area contributed by atoms with Gasteiger partial charge in [-0.2, -0.15) is 0 Å². The standard InChI is InChI=1S/C10H10IN3O/c1-15-9-5-3-2-4-8(9)6-14-7-12-10(11)13-14/h2-5,7H,6H2,1H3. The smallest absolute Gasteiger partial charge is 0.211 e. The van der Waals surface area contributed by atoms with Crippen LogP contribution in [0.25, 0.3) is 0 Å². The summed E-state index contributed by atoms with van der Waals surface area (Å²) in [5.74, 6) is 0.878. The molecule has 78 valence electrons. The van der Waals surface area contributed by atoms with E-state index in [9.17, 15) is 0 Å². The van der Waals surface area contributed by atoms with Crippen molar-refractivity contribution in [3.8, 4) is 5.75 Å². The first-order chi connectivity index (χ1) is 7.29. The lowest BCUT2D eigenvalue weighted by molar-refractivity contribution is 0.407. The van der Waals surface area contributed by atoms with Crippen LogP contribution in [0, 0.1) is 3.83 Å². The Morgan fingerprint density at radius 3 is 2.87 bits per heavy atom. The highest BCUT2D eigenvalue weighted by molar-refractivity contribution is 14.1. The first-order valence-electron chi connectivity index (χ1n) is 4.46. The summed E-state index contributed by atoms with van der Waals surface area (Å²) in [5, 5.41) is 4.22. The molecule has 0 aliphatic heterocycles. The van der Waals surface area contributed by atoms with Gasteiger partial charge in [-0.05, 0) is 6.07 Å². The number of nitrogens with zero attached hydrogens (tertiary/aromatic N) is 3. The third-order valence-corrected chi connectivity index (χ3v) is 2.53. The molecular formula is C10H10IN3O. The van der Waals surface area contributed by atoms with E-state index in [0.717, 1.165) is 15.1 Å². The molecule has 1 heterocycles. The van der Waals surface area contributed by atoms with Crippen LogP contribution in [0.1, 0.15) is 5.56 Å². The van der Waals surface area contributed by atoms with Gasteiger partial charge in [-0.15, -0.1) is 5.10 Å². The second-order valence-electron chi connectivity index (χ2n) is 3.02. The lowest BCUT2D eigenvalue weighted by Gasteiger charge is -2.07. The van der Waals surface area contributed by atoms with Gasteiger partial charge in [0, 0.05) is 28.2 Å². The molecule has 0 fully saturated rings. The number of para-hydroxylation sites is 1. The molecule has 1 aromatic heterocycles. The average molecular weight is 315 g/mol. The molecule has 1 aromatic carbocycles. The molecule has 0 atom stereocenters. The summed E-state index contributed by atoms with van der Waals surface area (Å²) in [6.07, 6.45) is 1.72. The van der Waals surface area contributed by atoms with E-state index < -0.39 is 0 Å². The Balaban J connectivity index is 2.23. The molecule has 0 bridgehead atoms. The second kappa shape index (κ2) is 4.61. The van der Waals surface area contributed by atoms with Gasteiger partial charge in [-0.1, -0.05) is 18.2 Å². The van der Waals surface area contributed by atoms with Gasteiger partial charge in [-0.3, -0.25) is 0 Å². The molecule has 5 heteroatoms. The number of rotatable bonds is 3. The molecular weight excluding hydrogens is 305 g/mol. The highest BCUT2D eigenvalue weighted by atomic mass is 127. The van der Waals surface area contributed by atoms with Crippen LogP contribution < -0.4 is 4.74 Å². The van der Waals surface area contributed by atoms with Gasteiger partial charge in [-0.25, -0.2) is 9.67 Å². The van der Waals surface area contributed by atoms with Crippen molar-refractivity contribution in [2.45, 2.75) is 6.54 Å². The van der Waals surface area contributed by atoms with E-state index in [-0.39, 0.29) is 0 Å². The third-order valence-electron chi connectivity index (χ3n) is 2.03. The fraction of sp³-hybridized carbons (Fsp3) is 0.200. The maximum atomic E-state index is 5.26. The Morgan fingerprint density at radius 1 is 1.40 bits per heavy atom. The molecule has 2 aromatic rings. The molecule has 0 saturated heterocycles. The normalized spacial score (nSPS) is 10.3. The van der Waals surface area contributed by atoms with Crippen molar-refractivity contribution < 1.29 is 4.74 Å². The van der Waals surface area contributed by atoms with Gasteiger partial charge in [0.25, 0.3) is 0 Å². The largest absolute Gasteiger partial charge is 0.496 e. The minimum Gasteiger partial charge on any atom is -0.496 e. The fourth-order valence-corrected chi connectivity index (χ4v) is 1.76. The highest BCUT2D eigenvalue weighted by Crippen LogP contribution is 2.17. The second-order valence-corrected chi connectivity index (χ2v) is 3.99. The third kappa shape index (κ3) is 2.47. The van der Waals surface area contributed by atoms with Crippen LogP contribution in [0.5, 0.6) is 5.75 Å². The predicted octanol–water partition coefficient (Wildman–Crippen LogP) is 1.94. The monoisotopic (exact) mass is 315 g/mol. The van der Waals surface area contributed by atoms with E-state index in [4.69, 9.17) is 4.74 Å². The summed E-state index contributed by atoms with van der Waals surface area (Å²) in [7, 11) is 1.67. The van der Waals surface area contributed by atoms with Crippen molar-refractivity contribution in [3.63, 3.8) is 0 Å². The summed E-state index contributed by atoms with van der Waals surface area (Å²) in [4.78, 5) is 4.07. The minimum absolute atomic E-state index is 0.681. The molecule has 15 heavy (non-hydrogen) atoms. The maximum Gasteiger partial charge on any atom is 0.211 e. The van der Waals surface area contributed by atoms with Crippen molar-refractivity contribution in [2.24, 2.45) is 0 Å². The lowest BCUT2D eigenvalue weighted by Crippen LogP contribution is -2.02. The number of ether oxygens (including phenoxy) is 1. The first kappa shape index (κ1) is 10.4. The van der Waals surface area contributed by atoms with Crippen LogP contribution in [0.4, 0.5) is 0 Å². The van der Waals surface area contributed by atoms with Crippen LogP contribution in [0.15, 0.2) is 30.6 Å². The van der Waals surface area contributed by atoms with Gasteiger partial charge in [0.05, 0.1) is 13.7 Å². The molecule has 0 spiro atoms. The van der Waals surface area contributed by atoms with E-state index in [1.807, 2.05) is 24.3 Å². The summed E-state index contributed by atoms with van der Waals surface area (Å²) >= 11 is 2.09. The van der Waals surface area contributed by atoms with Crippen LogP contribution in [-0.2, 0) is 6.54 Å². The Hall–Kier alpha value is -1.11. The van der Waals surface area contributed by atoms with Crippen LogP contribution in [-0.4, -0.2) is 21.9 Å². The van der Waals surface area contributed by atoms with Gasteiger partial charge in [0.1, 0.15) is 12.1 Å². The minimum atomic E-state index is 0.681. The Bertz CT molecular complexity index is 455. The van der Waals surface area contributed by atoms with E-state index in [1.165, 1.54) is 0 Å². The highest BCUT2D eigenvalue weighted by Gasteiger charge is 2.03. The van der Waals surface area contributed by atoms with Crippen molar-refractivity contribution in [1.29, 1.82) is 0 Å². The van der Waals surface area contributed by atoms with Gasteiger partial charge in [0.2, 0.25) is 3.83 Å². The number of halogens is 1. The zero-order valence-electron chi connectivity index (χ0n) is 8.22. The first-order valence-corrected chi connectivity index (χ1v) is 5.54. The van der Waals surface area contributed by atoms with E-state index in [1.54, 1.807) is 18.1 Å². The Morgan fingerprint density at radius 2 is 2.20 bits per heavy atom. The molecule has 0 aliphatic carbocycles. The van der Waals surface area contributed by atoms with Crippen molar-refractivity contribution >= 4 is 22.6 Å². The van der Waals surface area contributed by atoms with Crippen LogP contribution >= 0.6 is 22.6 Å². The maximum absolute atomic E-state index is 5.26. The van der Waals surface area contributed by atoms with Gasteiger partial charge >= 0.3 is 0 Å². The molecule has 0 N–H and O–H groups in total. The zero-order chi connectivity index (χ0) is 10.7. The quantitative estimate of drug-likeness (QED) is 0.813. The average Bonchev–Trinajstić information content (AvgIpc) is 2.65. The number of hydrogen-bond acceptors (Lipinski definition) is 3.